The maximum absolute atomic E-state index is 15.4. The van der Waals surface area contributed by atoms with Gasteiger partial charge in [-0.1, -0.05) is 5.16 Å². The highest BCUT2D eigenvalue weighted by Crippen LogP contribution is 2.36. The molecule has 2 atom stereocenters. The molecule has 1 aromatic carbocycles. The Hall–Kier alpha value is -2.95. The van der Waals surface area contributed by atoms with E-state index < -0.39 is 17.7 Å². The highest BCUT2D eigenvalue weighted by molar-refractivity contribution is 5.97. The minimum Gasteiger partial charge on any atom is -0.372 e. The van der Waals surface area contributed by atoms with Gasteiger partial charge < -0.3 is 14.2 Å². The zero-order valence-electron chi connectivity index (χ0n) is 16.3. The first kappa shape index (κ1) is 20.3. The SMILES string of the molecule is Cc1cc(C(F)(F)F)nn1-c1noc2c(F)c(N3C[C@@H](C)O[C@@H](C)C3)c(C=O)cc12. The van der Waals surface area contributed by atoms with Gasteiger partial charge in [0.15, 0.2) is 17.8 Å². The van der Waals surface area contributed by atoms with Gasteiger partial charge in [0.2, 0.25) is 11.4 Å². The lowest BCUT2D eigenvalue weighted by atomic mass is 10.1. The summed E-state index contributed by atoms with van der Waals surface area (Å²) in [6, 6.07) is 2.20. The van der Waals surface area contributed by atoms with Gasteiger partial charge in [0, 0.05) is 24.3 Å². The Labute approximate surface area is 168 Å². The number of hydrogen-bond donors (Lipinski definition) is 0. The average molecular weight is 426 g/mol. The smallest absolute Gasteiger partial charge is 0.372 e. The van der Waals surface area contributed by atoms with Crippen molar-refractivity contribution in [3.05, 3.63) is 34.9 Å². The van der Waals surface area contributed by atoms with E-state index in [0.717, 1.165) is 10.7 Å². The van der Waals surface area contributed by atoms with Crippen molar-refractivity contribution in [3.63, 3.8) is 0 Å². The lowest BCUT2D eigenvalue weighted by Gasteiger charge is -2.37. The largest absolute Gasteiger partial charge is 0.435 e. The number of morpholine rings is 1. The highest BCUT2D eigenvalue weighted by atomic mass is 19.4. The van der Waals surface area contributed by atoms with E-state index in [2.05, 4.69) is 10.3 Å². The second kappa shape index (κ2) is 7.08. The third kappa shape index (κ3) is 3.32. The van der Waals surface area contributed by atoms with Gasteiger partial charge in [-0.05, 0) is 32.9 Å². The quantitative estimate of drug-likeness (QED) is 0.467. The molecule has 0 spiro atoms. The predicted octanol–water partition coefficient (Wildman–Crippen LogP) is 3.91. The number of aromatic nitrogens is 3. The molecular formula is C19H18F4N4O3. The molecule has 0 saturated carbocycles. The molecule has 1 aliphatic rings. The number of benzene rings is 1. The van der Waals surface area contributed by atoms with Crippen LogP contribution >= 0.6 is 0 Å². The second-order valence-corrected chi connectivity index (χ2v) is 7.37. The molecule has 0 bridgehead atoms. The molecule has 3 aromatic rings. The van der Waals surface area contributed by atoms with Gasteiger partial charge in [0.1, 0.15) is 0 Å². The first-order valence-corrected chi connectivity index (χ1v) is 9.21. The minimum absolute atomic E-state index is 0.0339. The number of anilines is 1. The molecule has 0 amide bonds. The van der Waals surface area contributed by atoms with E-state index in [9.17, 15) is 18.0 Å². The van der Waals surface area contributed by atoms with Crippen LogP contribution in [0.1, 0.15) is 35.6 Å². The predicted molar refractivity (Wildman–Crippen MR) is 98.4 cm³/mol. The molecule has 0 aliphatic carbocycles. The van der Waals surface area contributed by atoms with Crippen LogP contribution in [-0.4, -0.2) is 46.5 Å². The summed E-state index contributed by atoms with van der Waals surface area (Å²) in [7, 11) is 0. The number of carbonyl (C=O) groups excluding carboxylic acids is 1. The van der Waals surface area contributed by atoms with E-state index in [1.807, 2.05) is 13.8 Å². The Bertz CT molecular complexity index is 1110. The average Bonchev–Trinajstić information content (AvgIpc) is 3.23. The molecule has 160 valence electrons. The molecule has 4 rings (SSSR count). The van der Waals surface area contributed by atoms with Crippen molar-refractivity contribution in [3.8, 4) is 5.82 Å². The van der Waals surface area contributed by atoms with Crippen LogP contribution in [0.3, 0.4) is 0 Å². The summed E-state index contributed by atoms with van der Waals surface area (Å²) in [6.45, 7) is 5.81. The standard InChI is InChI=1S/C19H18F4N4O3/c1-9-4-14(19(21,22)23)24-27(9)18-13-5-12(8-28)16(15(20)17(13)30-25-18)26-6-10(2)29-11(3)7-26/h4-5,8,10-11H,6-7H2,1-3H3/t10-,11+. The van der Waals surface area contributed by atoms with Crippen molar-refractivity contribution in [2.45, 2.75) is 39.2 Å². The summed E-state index contributed by atoms with van der Waals surface area (Å²) >= 11 is 0. The molecule has 0 unspecified atom stereocenters. The molecule has 1 fully saturated rings. The third-order valence-electron chi connectivity index (χ3n) is 4.93. The van der Waals surface area contributed by atoms with E-state index in [0.29, 0.717) is 19.4 Å². The van der Waals surface area contributed by atoms with E-state index >= 15 is 4.39 Å². The van der Waals surface area contributed by atoms with Gasteiger partial charge in [-0.3, -0.25) is 4.79 Å². The number of fused-ring (bicyclic) bond motifs is 1. The van der Waals surface area contributed by atoms with Crippen molar-refractivity contribution in [2.75, 3.05) is 18.0 Å². The number of alkyl halides is 3. The van der Waals surface area contributed by atoms with Crippen LogP contribution in [0, 0.1) is 12.7 Å². The highest BCUT2D eigenvalue weighted by Gasteiger charge is 2.35. The molecule has 7 nitrogen and oxygen atoms in total. The molecule has 3 heterocycles. The fourth-order valence-corrected chi connectivity index (χ4v) is 3.79. The summed E-state index contributed by atoms with van der Waals surface area (Å²) in [6.07, 6.45) is -4.51. The third-order valence-corrected chi connectivity index (χ3v) is 4.93. The van der Waals surface area contributed by atoms with Crippen LogP contribution in [0.15, 0.2) is 16.7 Å². The van der Waals surface area contributed by atoms with Gasteiger partial charge in [-0.25, -0.2) is 9.07 Å². The van der Waals surface area contributed by atoms with Crippen LogP contribution in [0.2, 0.25) is 0 Å². The van der Waals surface area contributed by atoms with Crippen molar-refractivity contribution < 1.29 is 31.6 Å². The molecule has 2 aromatic heterocycles. The summed E-state index contributed by atoms with van der Waals surface area (Å²) < 4.78 is 66.1. The van der Waals surface area contributed by atoms with Crippen LogP contribution in [-0.2, 0) is 10.9 Å². The van der Waals surface area contributed by atoms with Gasteiger partial charge in [-0.15, -0.1) is 0 Å². The van der Waals surface area contributed by atoms with E-state index in [4.69, 9.17) is 9.26 Å². The molecule has 1 saturated heterocycles. The zero-order valence-corrected chi connectivity index (χ0v) is 16.3. The van der Waals surface area contributed by atoms with Crippen LogP contribution in [0.4, 0.5) is 23.2 Å². The zero-order chi connectivity index (χ0) is 21.8. The Morgan fingerprint density at radius 1 is 1.20 bits per heavy atom. The topological polar surface area (TPSA) is 73.4 Å². The Morgan fingerprint density at radius 2 is 1.87 bits per heavy atom. The first-order chi connectivity index (χ1) is 14.1. The number of nitrogens with zero attached hydrogens (tertiary/aromatic N) is 4. The number of rotatable bonds is 3. The molecular weight excluding hydrogens is 408 g/mol. The number of carbonyl (C=O) groups is 1. The lowest BCUT2D eigenvalue weighted by Crippen LogP contribution is -2.46. The fourth-order valence-electron chi connectivity index (χ4n) is 3.79. The first-order valence-electron chi connectivity index (χ1n) is 9.21. The van der Waals surface area contributed by atoms with E-state index in [-0.39, 0.29) is 45.9 Å². The van der Waals surface area contributed by atoms with E-state index in [1.165, 1.54) is 13.0 Å². The van der Waals surface area contributed by atoms with Gasteiger partial charge >= 0.3 is 6.18 Å². The summed E-state index contributed by atoms with van der Waals surface area (Å²) in [4.78, 5) is 13.4. The number of hydrogen-bond acceptors (Lipinski definition) is 6. The summed E-state index contributed by atoms with van der Waals surface area (Å²) in [5, 5.41) is 7.30. The lowest BCUT2D eigenvalue weighted by molar-refractivity contribution is -0.141. The van der Waals surface area contributed by atoms with Crippen LogP contribution in [0.25, 0.3) is 16.8 Å². The van der Waals surface area contributed by atoms with Gasteiger partial charge in [0.05, 0.1) is 23.3 Å². The summed E-state index contributed by atoms with van der Waals surface area (Å²) in [5.41, 5.74) is -1.16. The van der Waals surface area contributed by atoms with Crippen LogP contribution < -0.4 is 4.90 Å². The minimum atomic E-state index is -4.65. The molecule has 0 N–H and O–H groups in total. The van der Waals surface area contributed by atoms with Gasteiger partial charge in [0.25, 0.3) is 0 Å². The van der Waals surface area contributed by atoms with Crippen molar-refractivity contribution in [2.24, 2.45) is 0 Å². The fraction of sp³-hybridized carbons (Fsp3) is 0.421. The van der Waals surface area contributed by atoms with Crippen molar-refractivity contribution >= 4 is 22.9 Å². The summed E-state index contributed by atoms with van der Waals surface area (Å²) in [5.74, 6) is -0.939. The number of halogens is 4. The maximum atomic E-state index is 15.4. The molecule has 11 heteroatoms. The van der Waals surface area contributed by atoms with E-state index in [1.54, 1.807) is 4.90 Å². The molecule has 1 aliphatic heterocycles. The number of ether oxygens (including phenoxy) is 1. The number of aldehydes is 1. The Morgan fingerprint density at radius 3 is 2.43 bits per heavy atom. The monoisotopic (exact) mass is 426 g/mol. The molecule has 30 heavy (non-hydrogen) atoms. The Balaban J connectivity index is 1.87. The van der Waals surface area contributed by atoms with Crippen LogP contribution in [0.5, 0.6) is 0 Å². The van der Waals surface area contributed by atoms with Crippen molar-refractivity contribution in [1.29, 1.82) is 0 Å². The maximum Gasteiger partial charge on any atom is 0.435 e. The number of aryl methyl sites for hydroxylation is 1. The van der Waals surface area contributed by atoms with Gasteiger partial charge in [-0.2, -0.15) is 18.3 Å². The molecule has 0 radical (unpaired) electrons. The Kier molecular flexibility index (Phi) is 4.80. The second-order valence-electron chi connectivity index (χ2n) is 7.37. The van der Waals surface area contributed by atoms with Crippen molar-refractivity contribution in [1.82, 2.24) is 14.9 Å². The normalized spacial score (nSPS) is 20.2.